The van der Waals surface area contributed by atoms with Crippen molar-refractivity contribution in [3.05, 3.63) is 99.0 Å². The number of nitrogens with one attached hydrogen (secondary N) is 1. The lowest BCUT2D eigenvalue weighted by Gasteiger charge is -2.31. The first kappa shape index (κ1) is 28.4. The third-order valence-corrected chi connectivity index (χ3v) is 7.67. The number of nitrogens with zero attached hydrogens (tertiary/aromatic N) is 1. The highest BCUT2D eigenvalue weighted by Gasteiger charge is 2.30. The molecule has 0 spiro atoms. The van der Waals surface area contributed by atoms with Gasteiger partial charge in [0.05, 0.1) is 10.0 Å². The van der Waals surface area contributed by atoms with Gasteiger partial charge in [-0.05, 0) is 66.6 Å². The predicted octanol–water partition coefficient (Wildman–Crippen LogP) is 7.30. The summed E-state index contributed by atoms with van der Waals surface area (Å²) >= 11 is 20.0. The van der Waals surface area contributed by atoms with Gasteiger partial charge in [-0.1, -0.05) is 71.2 Å². The van der Waals surface area contributed by atoms with Crippen molar-refractivity contribution in [2.24, 2.45) is 0 Å². The van der Waals surface area contributed by atoms with Gasteiger partial charge < -0.3 is 10.2 Å². The molecule has 0 unspecified atom stereocenters. The molecule has 1 atom stereocenters. The number of rotatable bonds is 12. The molecule has 0 saturated carbocycles. The SMILES string of the molecule is CCNC(=O)[C@@H](Cc1ccccc1)N(Cc1ccc(Cl)c(Cl)c1)C(=O)CCCSc1ccc(Cl)cc1. The van der Waals surface area contributed by atoms with Crippen molar-refractivity contribution in [3.8, 4) is 0 Å². The molecular formula is C28H29Cl3N2O2S. The topological polar surface area (TPSA) is 49.4 Å². The van der Waals surface area contributed by atoms with E-state index in [1.165, 1.54) is 0 Å². The van der Waals surface area contributed by atoms with Gasteiger partial charge in [0.2, 0.25) is 11.8 Å². The molecule has 36 heavy (non-hydrogen) atoms. The molecule has 3 aromatic rings. The largest absolute Gasteiger partial charge is 0.355 e. The van der Waals surface area contributed by atoms with Crippen molar-refractivity contribution in [1.29, 1.82) is 0 Å². The fraction of sp³-hybridized carbons (Fsp3) is 0.286. The van der Waals surface area contributed by atoms with Crippen LogP contribution in [-0.4, -0.2) is 35.1 Å². The highest BCUT2D eigenvalue weighted by molar-refractivity contribution is 7.99. The van der Waals surface area contributed by atoms with Crippen LogP contribution in [0.25, 0.3) is 0 Å². The van der Waals surface area contributed by atoms with E-state index in [0.717, 1.165) is 21.8 Å². The van der Waals surface area contributed by atoms with Gasteiger partial charge in [-0.3, -0.25) is 9.59 Å². The van der Waals surface area contributed by atoms with E-state index in [9.17, 15) is 9.59 Å². The molecule has 0 aliphatic heterocycles. The fourth-order valence-electron chi connectivity index (χ4n) is 3.77. The van der Waals surface area contributed by atoms with E-state index in [2.05, 4.69) is 5.32 Å². The lowest BCUT2D eigenvalue weighted by atomic mass is 10.0. The van der Waals surface area contributed by atoms with Crippen molar-refractivity contribution >= 4 is 58.4 Å². The maximum Gasteiger partial charge on any atom is 0.243 e. The maximum absolute atomic E-state index is 13.6. The zero-order chi connectivity index (χ0) is 25.9. The van der Waals surface area contributed by atoms with Crippen molar-refractivity contribution in [2.45, 2.75) is 43.7 Å². The van der Waals surface area contributed by atoms with Crippen LogP contribution in [0.5, 0.6) is 0 Å². The summed E-state index contributed by atoms with van der Waals surface area (Å²) in [5.74, 6) is 0.522. The Labute approximate surface area is 232 Å². The van der Waals surface area contributed by atoms with Crippen molar-refractivity contribution in [1.82, 2.24) is 10.2 Å². The number of hydrogen-bond acceptors (Lipinski definition) is 3. The monoisotopic (exact) mass is 562 g/mol. The van der Waals surface area contributed by atoms with Crippen LogP contribution in [0.4, 0.5) is 0 Å². The van der Waals surface area contributed by atoms with E-state index >= 15 is 0 Å². The molecule has 0 heterocycles. The number of thioether (sulfide) groups is 1. The van der Waals surface area contributed by atoms with Crippen LogP contribution in [-0.2, 0) is 22.6 Å². The lowest BCUT2D eigenvalue weighted by molar-refractivity contribution is -0.141. The second kappa shape index (κ2) is 14.5. The Hall–Kier alpha value is -2.18. The Morgan fingerprint density at radius 1 is 0.917 bits per heavy atom. The number of hydrogen-bond donors (Lipinski definition) is 1. The number of halogens is 3. The van der Waals surface area contributed by atoms with Gasteiger partial charge in [0.1, 0.15) is 6.04 Å². The molecule has 0 fully saturated rings. The second-order valence-electron chi connectivity index (χ2n) is 8.28. The van der Waals surface area contributed by atoms with Crippen LogP contribution in [0.1, 0.15) is 30.9 Å². The minimum atomic E-state index is -0.654. The number of benzene rings is 3. The van der Waals surface area contributed by atoms with Crippen LogP contribution in [0, 0.1) is 0 Å². The molecule has 0 radical (unpaired) electrons. The first-order valence-corrected chi connectivity index (χ1v) is 13.9. The molecular weight excluding hydrogens is 535 g/mol. The summed E-state index contributed by atoms with van der Waals surface area (Å²) < 4.78 is 0. The van der Waals surface area contributed by atoms with Crippen molar-refractivity contribution in [3.63, 3.8) is 0 Å². The standard InChI is InChI=1S/C28H29Cl3N2O2S/c1-2-32-28(35)26(18-20-7-4-3-5-8-20)33(19-21-10-15-24(30)25(31)17-21)27(34)9-6-16-36-23-13-11-22(29)12-14-23/h3-5,7-8,10-15,17,26H,2,6,9,16,18-19H2,1H3,(H,32,35)/t26-/m1/s1. The zero-order valence-corrected chi connectivity index (χ0v) is 23.1. The van der Waals surface area contributed by atoms with E-state index in [4.69, 9.17) is 34.8 Å². The Kier molecular flexibility index (Phi) is 11.5. The van der Waals surface area contributed by atoms with E-state index < -0.39 is 6.04 Å². The van der Waals surface area contributed by atoms with Crippen LogP contribution in [0.15, 0.2) is 77.7 Å². The normalized spacial score (nSPS) is 11.7. The van der Waals surface area contributed by atoms with Crippen LogP contribution in [0.2, 0.25) is 15.1 Å². The molecule has 8 heteroatoms. The summed E-state index contributed by atoms with van der Waals surface area (Å²) in [5, 5.41) is 4.46. The van der Waals surface area contributed by atoms with E-state index in [1.54, 1.807) is 28.8 Å². The predicted molar refractivity (Wildman–Crippen MR) is 151 cm³/mol. The van der Waals surface area contributed by atoms with Gasteiger partial charge in [-0.25, -0.2) is 0 Å². The molecule has 0 saturated heterocycles. The van der Waals surface area contributed by atoms with E-state index in [-0.39, 0.29) is 18.4 Å². The molecule has 0 aliphatic rings. The Bertz CT molecular complexity index is 1140. The minimum absolute atomic E-state index is 0.0787. The second-order valence-corrected chi connectivity index (χ2v) is 10.7. The Balaban J connectivity index is 1.78. The third-order valence-electron chi connectivity index (χ3n) is 5.58. The summed E-state index contributed by atoms with van der Waals surface area (Å²) in [5.41, 5.74) is 1.80. The molecule has 3 rings (SSSR count). The highest BCUT2D eigenvalue weighted by Crippen LogP contribution is 2.25. The molecule has 4 nitrogen and oxygen atoms in total. The molecule has 0 aliphatic carbocycles. The van der Waals surface area contributed by atoms with Crippen LogP contribution in [0.3, 0.4) is 0 Å². The summed E-state index contributed by atoms with van der Waals surface area (Å²) in [6.07, 6.45) is 1.42. The van der Waals surface area contributed by atoms with E-state index in [1.807, 2.05) is 67.6 Å². The number of carbonyl (C=O) groups is 2. The van der Waals surface area contributed by atoms with Crippen molar-refractivity contribution < 1.29 is 9.59 Å². The van der Waals surface area contributed by atoms with Gasteiger partial charge >= 0.3 is 0 Å². The number of carbonyl (C=O) groups excluding carboxylic acids is 2. The molecule has 3 aromatic carbocycles. The average Bonchev–Trinajstić information content (AvgIpc) is 2.87. The van der Waals surface area contributed by atoms with Crippen LogP contribution < -0.4 is 5.32 Å². The molecule has 2 amide bonds. The summed E-state index contributed by atoms with van der Waals surface area (Å²) in [4.78, 5) is 29.5. The van der Waals surface area contributed by atoms with E-state index in [0.29, 0.717) is 40.9 Å². The van der Waals surface area contributed by atoms with Gasteiger partial charge in [0.15, 0.2) is 0 Å². The molecule has 0 bridgehead atoms. The fourth-order valence-corrected chi connectivity index (χ4v) is 5.07. The van der Waals surface area contributed by atoms with Gasteiger partial charge in [-0.15, -0.1) is 11.8 Å². The first-order valence-electron chi connectivity index (χ1n) is 11.8. The lowest BCUT2D eigenvalue weighted by Crippen LogP contribution is -2.50. The summed E-state index contributed by atoms with van der Waals surface area (Å²) in [6.45, 7) is 2.61. The molecule has 0 aromatic heterocycles. The first-order chi connectivity index (χ1) is 17.4. The van der Waals surface area contributed by atoms with Gasteiger partial charge in [0, 0.05) is 35.8 Å². The quantitative estimate of drug-likeness (QED) is 0.186. The molecule has 190 valence electrons. The highest BCUT2D eigenvalue weighted by atomic mass is 35.5. The number of likely N-dealkylation sites (N-methyl/N-ethyl adjacent to an activating group) is 1. The van der Waals surface area contributed by atoms with Gasteiger partial charge in [-0.2, -0.15) is 0 Å². The number of amides is 2. The average molecular weight is 564 g/mol. The maximum atomic E-state index is 13.6. The van der Waals surface area contributed by atoms with Crippen molar-refractivity contribution in [2.75, 3.05) is 12.3 Å². The van der Waals surface area contributed by atoms with Gasteiger partial charge in [0.25, 0.3) is 0 Å². The summed E-state index contributed by atoms with van der Waals surface area (Å²) in [7, 11) is 0. The molecule has 1 N–H and O–H groups in total. The Morgan fingerprint density at radius 3 is 2.31 bits per heavy atom. The minimum Gasteiger partial charge on any atom is -0.355 e. The zero-order valence-electron chi connectivity index (χ0n) is 20.1. The third kappa shape index (κ3) is 8.74. The Morgan fingerprint density at radius 2 is 1.64 bits per heavy atom. The van der Waals surface area contributed by atoms with Crippen LogP contribution >= 0.6 is 46.6 Å². The summed E-state index contributed by atoms with van der Waals surface area (Å²) in [6, 6.07) is 22.0. The smallest absolute Gasteiger partial charge is 0.243 e.